The molecule has 2 rings (SSSR count). The number of carbonyl (C=O) groups is 2. The Morgan fingerprint density at radius 3 is 2.74 bits per heavy atom. The number of nitrogens with zero attached hydrogens (tertiary/aromatic N) is 1. The fourth-order valence-corrected chi connectivity index (χ4v) is 1.54. The summed E-state index contributed by atoms with van der Waals surface area (Å²) in [5.41, 5.74) is 1.24. The molecule has 1 aromatic heterocycles. The molecule has 0 unspecified atom stereocenters. The van der Waals surface area contributed by atoms with Gasteiger partial charge < -0.3 is 10.1 Å². The summed E-state index contributed by atoms with van der Waals surface area (Å²) in [5, 5.41) is 9.28. The predicted octanol–water partition coefficient (Wildman–Crippen LogP) is 1.90. The van der Waals surface area contributed by atoms with Crippen molar-refractivity contribution < 1.29 is 14.3 Å². The minimum atomic E-state index is -0.430. The van der Waals surface area contributed by atoms with Gasteiger partial charge in [0.2, 0.25) is 0 Å². The molecule has 0 spiro atoms. The number of anilines is 1. The second-order valence-corrected chi connectivity index (χ2v) is 4.01. The molecular formula is C13H13N3O3. The topological polar surface area (TPSA) is 84.1 Å². The number of carbonyl (C=O) groups excluding carboxylic acids is 2. The predicted molar refractivity (Wildman–Crippen MR) is 69.0 cm³/mol. The lowest BCUT2D eigenvalue weighted by Gasteiger charge is -2.04. The number of aromatic nitrogens is 2. The van der Waals surface area contributed by atoms with Gasteiger partial charge in [0.15, 0.2) is 5.82 Å². The van der Waals surface area contributed by atoms with E-state index in [9.17, 15) is 9.59 Å². The van der Waals surface area contributed by atoms with Gasteiger partial charge in [-0.3, -0.25) is 14.7 Å². The molecule has 2 N–H and O–H groups in total. The van der Waals surface area contributed by atoms with E-state index in [1.807, 2.05) is 6.92 Å². The minimum absolute atomic E-state index is 0.319. The van der Waals surface area contributed by atoms with E-state index in [4.69, 9.17) is 4.74 Å². The van der Waals surface area contributed by atoms with Gasteiger partial charge in [-0.2, -0.15) is 5.10 Å². The van der Waals surface area contributed by atoms with E-state index in [2.05, 4.69) is 15.5 Å². The zero-order chi connectivity index (χ0) is 13.8. The summed E-state index contributed by atoms with van der Waals surface area (Å²) in [4.78, 5) is 22.8. The van der Waals surface area contributed by atoms with E-state index in [0.29, 0.717) is 17.1 Å². The maximum atomic E-state index is 12.0. The van der Waals surface area contributed by atoms with Gasteiger partial charge in [-0.1, -0.05) is 6.07 Å². The number of aryl methyl sites for hydroxylation is 1. The highest BCUT2D eigenvalue weighted by Crippen LogP contribution is 2.15. The lowest BCUT2D eigenvalue weighted by molar-refractivity contribution is -0.131. The summed E-state index contributed by atoms with van der Waals surface area (Å²) >= 11 is 0. The van der Waals surface area contributed by atoms with Crippen LogP contribution in [0.15, 0.2) is 30.3 Å². The maximum absolute atomic E-state index is 12.0. The fraction of sp³-hybridized carbons (Fsp3) is 0.154. The molecule has 0 fully saturated rings. The molecule has 0 aliphatic heterocycles. The Morgan fingerprint density at radius 1 is 1.32 bits per heavy atom. The average molecular weight is 259 g/mol. The fourth-order valence-electron chi connectivity index (χ4n) is 1.54. The third-order valence-electron chi connectivity index (χ3n) is 2.31. The molecule has 1 heterocycles. The van der Waals surface area contributed by atoms with Gasteiger partial charge in [-0.25, -0.2) is 0 Å². The van der Waals surface area contributed by atoms with Crippen molar-refractivity contribution in [2.24, 2.45) is 0 Å². The van der Waals surface area contributed by atoms with Crippen LogP contribution >= 0.6 is 0 Å². The minimum Gasteiger partial charge on any atom is -0.427 e. The van der Waals surface area contributed by atoms with Gasteiger partial charge in [0.1, 0.15) is 5.75 Å². The first kappa shape index (κ1) is 12.8. The van der Waals surface area contributed by atoms with E-state index in [1.54, 1.807) is 24.3 Å². The summed E-state index contributed by atoms with van der Waals surface area (Å²) in [5.74, 6) is 0.0275. The Labute approximate surface area is 109 Å². The molecule has 0 atom stereocenters. The molecular weight excluding hydrogens is 246 g/mol. The summed E-state index contributed by atoms with van der Waals surface area (Å²) in [7, 11) is 0. The Bertz CT molecular complexity index is 619. The van der Waals surface area contributed by atoms with Gasteiger partial charge in [0.25, 0.3) is 5.91 Å². The summed E-state index contributed by atoms with van der Waals surface area (Å²) in [6.07, 6.45) is 0. The number of hydrogen-bond donors (Lipinski definition) is 2. The van der Waals surface area contributed by atoms with Crippen LogP contribution in [0, 0.1) is 6.92 Å². The lowest BCUT2D eigenvalue weighted by atomic mass is 10.2. The summed E-state index contributed by atoms with van der Waals surface area (Å²) in [6, 6.07) is 8.09. The molecule has 1 aromatic carbocycles. The number of rotatable bonds is 3. The maximum Gasteiger partial charge on any atom is 0.308 e. The van der Waals surface area contributed by atoms with Crippen molar-refractivity contribution >= 4 is 17.7 Å². The van der Waals surface area contributed by atoms with Gasteiger partial charge in [0.05, 0.1) is 0 Å². The Morgan fingerprint density at radius 2 is 2.11 bits per heavy atom. The number of aromatic amines is 1. The largest absolute Gasteiger partial charge is 0.427 e. The number of H-pyrrole nitrogens is 1. The van der Waals surface area contributed by atoms with Crippen LogP contribution in [0.25, 0.3) is 0 Å². The first-order chi connectivity index (χ1) is 9.04. The third kappa shape index (κ3) is 3.41. The van der Waals surface area contributed by atoms with E-state index < -0.39 is 5.97 Å². The Hall–Kier alpha value is -2.63. The molecule has 0 bridgehead atoms. The lowest BCUT2D eigenvalue weighted by Crippen LogP contribution is -2.12. The van der Waals surface area contributed by atoms with Gasteiger partial charge >= 0.3 is 5.97 Å². The number of esters is 1. The third-order valence-corrected chi connectivity index (χ3v) is 2.31. The van der Waals surface area contributed by atoms with Crippen molar-refractivity contribution in [2.75, 3.05) is 5.32 Å². The SMILES string of the molecule is CC(=O)Oc1cccc(C(=O)Nc2cc(C)[nH]n2)c1. The van der Waals surface area contributed by atoms with Crippen LogP contribution in [0.3, 0.4) is 0 Å². The second kappa shape index (κ2) is 5.34. The monoisotopic (exact) mass is 259 g/mol. The van der Waals surface area contributed by atoms with Crippen LogP contribution in [-0.2, 0) is 4.79 Å². The molecule has 1 amide bonds. The molecule has 6 heteroatoms. The van der Waals surface area contributed by atoms with Crippen molar-refractivity contribution in [3.8, 4) is 5.75 Å². The van der Waals surface area contributed by atoms with E-state index in [1.165, 1.54) is 13.0 Å². The summed E-state index contributed by atoms with van der Waals surface area (Å²) in [6.45, 7) is 3.14. The normalized spacial score (nSPS) is 10.0. The van der Waals surface area contributed by atoms with Gasteiger partial charge in [0, 0.05) is 24.2 Å². The highest BCUT2D eigenvalue weighted by atomic mass is 16.5. The van der Waals surface area contributed by atoms with E-state index in [0.717, 1.165) is 5.69 Å². The van der Waals surface area contributed by atoms with Crippen LogP contribution in [0.1, 0.15) is 23.0 Å². The van der Waals surface area contributed by atoms with Crippen molar-refractivity contribution in [1.82, 2.24) is 10.2 Å². The molecule has 0 radical (unpaired) electrons. The molecule has 0 aliphatic carbocycles. The van der Waals surface area contributed by atoms with Crippen LogP contribution in [0.4, 0.5) is 5.82 Å². The highest BCUT2D eigenvalue weighted by Gasteiger charge is 2.09. The molecule has 0 saturated carbocycles. The highest BCUT2D eigenvalue weighted by molar-refractivity contribution is 6.04. The number of ether oxygens (including phenoxy) is 1. The van der Waals surface area contributed by atoms with Gasteiger partial charge in [-0.15, -0.1) is 0 Å². The second-order valence-electron chi connectivity index (χ2n) is 4.01. The zero-order valence-corrected chi connectivity index (χ0v) is 10.6. The van der Waals surface area contributed by atoms with Crippen LogP contribution in [0.5, 0.6) is 5.75 Å². The molecule has 0 aliphatic rings. The van der Waals surface area contributed by atoms with Crippen LogP contribution in [0.2, 0.25) is 0 Å². The number of nitrogens with one attached hydrogen (secondary N) is 2. The van der Waals surface area contributed by atoms with Crippen molar-refractivity contribution in [1.29, 1.82) is 0 Å². The van der Waals surface area contributed by atoms with E-state index in [-0.39, 0.29) is 5.91 Å². The van der Waals surface area contributed by atoms with Crippen molar-refractivity contribution in [2.45, 2.75) is 13.8 Å². The Kier molecular flexibility index (Phi) is 3.61. The molecule has 98 valence electrons. The van der Waals surface area contributed by atoms with Gasteiger partial charge in [-0.05, 0) is 25.1 Å². The summed E-state index contributed by atoms with van der Waals surface area (Å²) < 4.78 is 4.92. The quantitative estimate of drug-likeness (QED) is 0.651. The number of amides is 1. The Balaban J connectivity index is 2.12. The number of benzene rings is 1. The standard InChI is InChI=1S/C13H13N3O3/c1-8-6-12(16-15-8)14-13(18)10-4-3-5-11(7-10)19-9(2)17/h3-7H,1-2H3,(H2,14,15,16,18). The van der Waals surface area contributed by atoms with Crippen molar-refractivity contribution in [3.05, 3.63) is 41.6 Å². The van der Waals surface area contributed by atoms with Crippen LogP contribution < -0.4 is 10.1 Å². The van der Waals surface area contributed by atoms with E-state index >= 15 is 0 Å². The first-order valence-corrected chi connectivity index (χ1v) is 5.66. The first-order valence-electron chi connectivity index (χ1n) is 5.66. The van der Waals surface area contributed by atoms with Crippen molar-refractivity contribution in [3.63, 3.8) is 0 Å². The molecule has 2 aromatic rings. The smallest absolute Gasteiger partial charge is 0.308 e. The molecule has 19 heavy (non-hydrogen) atoms. The molecule has 0 saturated heterocycles. The van der Waals surface area contributed by atoms with Crippen LogP contribution in [-0.4, -0.2) is 22.1 Å². The number of hydrogen-bond acceptors (Lipinski definition) is 4. The zero-order valence-electron chi connectivity index (χ0n) is 10.6. The average Bonchev–Trinajstić information content (AvgIpc) is 2.74. The molecule has 6 nitrogen and oxygen atoms in total.